The SMILES string of the molecule is CC(C)Oc1cc(-c2cnc(N3CCC(C)C3(C)C)c(C(=O)NS(=O)(=O)c3cccc(N)n3)c2)cc(C(F)(F)F)c1. The predicted molar refractivity (Wildman–Crippen MR) is 149 cm³/mol. The molecule has 0 aliphatic carbocycles. The first-order chi connectivity index (χ1) is 19.0. The quantitative estimate of drug-likeness (QED) is 0.380. The number of nitrogens with one attached hydrogen (secondary N) is 1. The zero-order valence-corrected chi connectivity index (χ0v) is 24.1. The number of alkyl halides is 3. The van der Waals surface area contributed by atoms with Crippen molar-refractivity contribution in [1.82, 2.24) is 14.7 Å². The maximum absolute atomic E-state index is 13.8. The molecule has 2 aromatic heterocycles. The zero-order valence-electron chi connectivity index (χ0n) is 23.3. The Kier molecular flexibility index (Phi) is 7.96. The minimum absolute atomic E-state index is 0.00952. The van der Waals surface area contributed by atoms with Crippen LogP contribution in [0.5, 0.6) is 5.75 Å². The lowest BCUT2D eigenvalue weighted by molar-refractivity contribution is -0.137. The molecule has 1 atom stereocenters. The van der Waals surface area contributed by atoms with Crippen LogP contribution >= 0.6 is 0 Å². The largest absolute Gasteiger partial charge is 0.491 e. The van der Waals surface area contributed by atoms with Crippen LogP contribution in [-0.2, 0) is 16.2 Å². The Labute approximate surface area is 237 Å². The van der Waals surface area contributed by atoms with E-state index in [0.717, 1.165) is 18.6 Å². The number of nitrogen functional groups attached to an aromatic ring is 1. The smallest absolute Gasteiger partial charge is 0.416 e. The Hall–Kier alpha value is -3.87. The van der Waals surface area contributed by atoms with Crippen LogP contribution < -0.4 is 20.1 Å². The van der Waals surface area contributed by atoms with Crippen LogP contribution in [0.2, 0.25) is 0 Å². The first-order valence-electron chi connectivity index (χ1n) is 13.0. The molecule has 0 saturated carbocycles. The maximum Gasteiger partial charge on any atom is 0.416 e. The van der Waals surface area contributed by atoms with Crippen molar-refractivity contribution in [3.8, 4) is 16.9 Å². The highest BCUT2D eigenvalue weighted by molar-refractivity contribution is 7.90. The number of ether oxygens (including phenoxy) is 1. The first-order valence-corrected chi connectivity index (χ1v) is 14.4. The molecule has 0 spiro atoms. The molecule has 9 nitrogen and oxygen atoms in total. The third-order valence-corrected chi connectivity index (χ3v) is 8.47. The average Bonchev–Trinajstić information content (AvgIpc) is 3.14. The van der Waals surface area contributed by atoms with Gasteiger partial charge in [0, 0.05) is 23.8 Å². The number of nitrogens with zero attached hydrogens (tertiary/aromatic N) is 3. The summed E-state index contributed by atoms with van der Waals surface area (Å²) in [5.74, 6) is -0.646. The summed E-state index contributed by atoms with van der Waals surface area (Å²) < 4.78 is 74.8. The summed E-state index contributed by atoms with van der Waals surface area (Å²) in [6.07, 6.45) is -2.88. The Balaban J connectivity index is 1.85. The fourth-order valence-corrected chi connectivity index (χ4v) is 5.63. The summed E-state index contributed by atoms with van der Waals surface area (Å²) >= 11 is 0. The van der Waals surface area contributed by atoms with E-state index in [1.54, 1.807) is 13.8 Å². The number of aromatic nitrogens is 2. The molecular formula is C28H32F3N5O4S. The number of hydrogen-bond acceptors (Lipinski definition) is 8. The van der Waals surface area contributed by atoms with Crippen LogP contribution in [0.1, 0.15) is 57.0 Å². The molecule has 1 unspecified atom stereocenters. The Morgan fingerprint density at radius 1 is 1.17 bits per heavy atom. The van der Waals surface area contributed by atoms with Crippen LogP contribution in [0.15, 0.2) is 53.7 Å². The number of pyridine rings is 2. The van der Waals surface area contributed by atoms with Gasteiger partial charge in [-0.25, -0.2) is 14.7 Å². The van der Waals surface area contributed by atoms with Crippen LogP contribution in [0.3, 0.4) is 0 Å². The van der Waals surface area contributed by atoms with Gasteiger partial charge in [-0.15, -0.1) is 0 Å². The van der Waals surface area contributed by atoms with Gasteiger partial charge in [0.1, 0.15) is 17.4 Å². The van der Waals surface area contributed by atoms with Gasteiger partial charge in [0.2, 0.25) is 0 Å². The minimum atomic E-state index is -4.66. The lowest BCUT2D eigenvalue weighted by Gasteiger charge is -2.36. The van der Waals surface area contributed by atoms with E-state index >= 15 is 0 Å². The minimum Gasteiger partial charge on any atom is -0.491 e. The van der Waals surface area contributed by atoms with Gasteiger partial charge < -0.3 is 15.4 Å². The second kappa shape index (κ2) is 10.8. The lowest BCUT2D eigenvalue weighted by atomic mass is 9.90. The van der Waals surface area contributed by atoms with Crippen molar-refractivity contribution in [3.63, 3.8) is 0 Å². The van der Waals surface area contributed by atoms with Crippen molar-refractivity contribution in [1.29, 1.82) is 0 Å². The van der Waals surface area contributed by atoms with Crippen molar-refractivity contribution in [2.45, 2.75) is 63.9 Å². The van der Waals surface area contributed by atoms with Gasteiger partial charge >= 0.3 is 6.18 Å². The van der Waals surface area contributed by atoms with E-state index in [1.165, 1.54) is 36.5 Å². The van der Waals surface area contributed by atoms with E-state index in [4.69, 9.17) is 10.5 Å². The van der Waals surface area contributed by atoms with Gasteiger partial charge in [0.25, 0.3) is 15.9 Å². The Morgan fingerprint density at radius 2 is 1.88 bits per heavy atom. The van der Waals surface area contributed by atoms with Gasteiger partial charge in [0.05, 0.1) is 17.2 Å². The van der Waals surface area contributed by atoms with Crippen molar-refractivity contribution < 1.29 is 31.1 Å². The highest BCUT2D eigenvalue weighted by atomic mass is 32.2. The van der Waals surface area contributed by atoms with Crippen molar-refractivity contribution in [2.75, 3.05) is 17.2 Å². The molecule has 0 radical (unpaired) electrons. The summed E-state index contributed by atoms with van der Waals surface area (Å²) in [4.78, 5) is 23.8. The van der Waals surface area contributed by atoms with Crippen molar-refractivity contribution in [3.05, 3.63) is 59.8 Å². The normalized spacial score (nSPS) is 17.1. The van der Waals surface area contributed by atoms with Gasteiger partial charge in [-0.05, 0) is 82.0 Å². The molecule has 4 rings (SSSR count). The van der Waals surface area contributed by atoms with Crippen LogP contribution in [0.4, 0.5) is 24.8 Å². The van der Waals surface area contributed by atoms with E-state index in [1.807, 2.05) is 23.5 Å². The standard InChI is InChI=1S/C28H32F3N5O4S/c1-16(2)40-21-12-18(11-20(14-21)28(29,30)31)19-13-22(25(33-15-19)36-10-9-17(3)27(36,4)5)26(37)35-41(38,39)24-8-6-7-23(32)34-24/h6-8,11-17H,9-10H2,1-5H3,(H2,32,34)(H,35,37). The summed E-state index contributed by atoms with van der Waals surface area (Å²) in [5, 5.41) is -0.458. The Morgan fingerprint density at radius 3 is 2.46 bits per heavy atom. The molecule has 1 fully saturated rings. The van der Waals surface area contributed by atoms with Crippen molar-refractivity contribution >= 4 is 27.6 Å². The molecule has 1 amide bonds. The first kappa shape index (κ1) is 30.1. The highest BCUT2D eigenvalue weighted by Gasteiger charge is 2.41. The molecule has 3 N–H and O–H groups in total. The molecule has 3 heterocycles. The van der Waals surface area contributed by atoms with Crippen LogP contribution in [0.25, 0.3) is 11.1 Å². The highest BCUT2D eigenvalue weighted by Crippen LogP contribution is 2.40. The van der Waals surface area contributed by atoms with E-state index in [2.05, 4.69) is 16.9 Å². The summed E-state index contributed by atoms with van der Waals surface area (Å²) in [6, 6.07) is 8.56. The number of benzene rings is 1. The third-order valence-electron chi connectivity index (χ3n) is 7.24. The predicted octanol–water partition coefficient (Wildman–Crippen LogP) is 5.28. The number of amides is 1. The fraction of sp³-hybridized carbons (Fsp3) is 0.393. The molecule has 13 heteroatoms. The molecule has 0 bridgehead atoms. The average molecular weight is 592 g/mol. The lowest BCUT2D eigenvalue weighted by Crippen LogP contribution is -2.43. The molecule has 1 aromatic carbocycles. The third kappa shape index (κ3) is 6.39. The van der Waals surface area contributed by atoms with Gasteiger partial charge in [-0.1, -0.05) is 13.0 Å². The van der Waals surface area contributed by atoms with E-state index in [0.29, 0.717) is 6.54 Å². The molecule has 1 saturated heterocycles. The summed E-state index contributed by atoms with van der Waals surface area (Å²) in [5.41, 5.74) is 4.38. The van der Waals surface area contributed by atoms with E-state index < -0.39 is 44.3 Å². The number of halogens is 3. The molecule has 1 aliphatic heterocycles. The Bertz CT molecular complexity index is 1580. The summed E-state index contributed by atoms with van der Waals surface area (Å²) in [7, 11) is -4.44. The molecular weight excluding hydrogens is 559 g/mol. The van der Waals surface area contributed by atoms with Gasteiger partial charge in [0.15, 0.2) is 5.03 Å². The topological polar surface area (TPSA) is 128 Å². The van der Waals surface area contributed by atoms with Gasteiger partial charge in [-0.2, -0.15) is 21.6 Å². The van der Waals surface area contributed by atoms with E-state index in [-0.39, 0.29) is 40.0 Å². The number of carbonyl (C=O) groups is 1. The fourth-order valence-electron chi connectivity index (χ4n) is 4.69. The molecule has 41 heavy (non-hydrogen) atoms. The molecule has 220 valence electrons. The summed E-state index contributed by atoms with van der Waals surface area (Å²) in [6.45, 7) is 9.94. The second-order valence-electron chi connectivity index (χ2n) is 10.8. The number of sulfonamides is 1. The van der Waals surface area contributed by atoms with Gasteiger partial charge in [-0.3, -0.25) is 4.79 Å². The molecule has 3 aromatic rings. The number of hydrogen-bond donors (Lipinski definition) is 2. The molecule has 1 aliphatic rings. The second-order valence-corrected chi connectivity index (χ2v) is 12.5. The van der Waals surface area contributed by atoms with E-state index in [9.17, 15) is 26.4 Å². The maximum atomic E-state index is 13.8. The zero-order chi connectivity index (χ0) is 30.3. The number of nitrogens with two attached hydrogens (primary N) is 1. The number of anilines is 2. The number of rotatable bonds is 7. The van der Waals surface area contributed by atoms with Crippen molar-refractivity contribution in [2.24, 2.45) is 5.92 Å². The monoisotopic (exact) mass is 591 g/mol. The van der Waals surface area contributed by atoms with Crippen LogP contribution in [-0.4, -0.2) is 42.5 Å². The van der Waals surface area contributed by atoms with Crippen LogP contribution in [0, 0.1) is 5.92 Å². The number of carbonyl (C=O) groups excluding carboxylic acids is 1.